The van der Waals surface area contributed by atoms with Gasteiger partial charge in [0, 0.05) is 65.3 Å². The molecule has 2 aliphatic rings. The fraction of sp³-hybridized carbons (Fsp3) is 0.333. The molecule has 0 spiro atoms. The molecule has 75 heavy (non-hydrogen) atoms. The van der Waals surface area contributed by atoms with Gasteiger partial charge in [0.15, 0.2) is 17.3 Å². The third-order valence-corrected chi connectivity index (χ3v) is 13.4. The van der Waals surface area contributed by atoms with E-state index in [1.807, 2.05) is 13.8 Å². The molecule has 10 rings (SSSR count). The number of aromatic amines is 2. The van der Waals surface area contributed by atoms with E-state index in [4.69, 9.17) is 20.3 Å². The second-order valence-electron chi connectivity index (χ2n) is 16.4. The number of pyridine rings is 2. The Kier molecular flexibility index (Phi) is 20.9. The molecule has 1 amide bonds. The number of halogens is 6. The number of aromatic nitrogens is 12. The highest BCUT2D eigenvalue weighted by Gasteiger charge is 2.28. The van der Waals surface area contributed by atoms with Crippen molar-refractivity contribution in [2.45, 2.75) is 89.5 Å². The number of carboxylic acids is 1. The predicted molar refractivity (Wildman–Crippen MR) is 277 cm³/mol. The molecule has 2 saturated carbocycles. The number of aromatic carboxylic acids is 1. The maximum atomic E-state index is 14.6. The van der Waals surface area contributed by atoms with Crippen LogP contribution in [0, 0.1) is 35.3 Å². The number of carbonyl (C=O) groups is 2. The minimum atomic E-state index is -1.01. The molecule has 396 valence electrons. The number of nitrogens with one attached hydrogen (secondary N) is 3. The van der Waals surface area contributed by atoms with E-state index < -0.39 is 35.4 Å². The zero-order chi connectivity index (χ0) is 52.7. The minimum Gasteiger partial charge on any atom is -0.476 e. The quantitative estimate of drug-likeness (QED) is 0.0409. The molecule has 0 unspecified atom stereocenters. The topological polar surface area (TPSA) is 255 Å². The van der Waals surface area contributed by atoms with Gasteiger partial charge in [0.1, 0.15) is 38.5 Å². The van der Waals surface area contributed by atoms with Gasteiger partial charge in [0.05, 0.1) is 48.1 Å². The summed E-state index contributed by atoms with van der Waals surface area (Å²) < 4.78 is 70.5. The summed E-state index contributed by atoms with van der Waals surface area (Å²) in [6.45, 7) is 5.36. The molecular weight excluding hydrogens is 1060 g/mol. The van der Waals surface area contributed by atoms with Gasteiger partial charge in [-0.15, -0.1) is 41.5 Å². The Hall–Kier alpha value is -7.08. The largest absolute Gasteiger partial charge is 0.476 e. The molecule has 8 aromatic heterocycles. The summed E-state index contributed by atoms with van der Waals surface area (Å²) in [5, 5.41) is 39.4. The number of nitrogens with two attached hydrogens (primary N) is 1. The average Bonchev–Trinajstić information content (AvgIpc) is 4.26. The third kappa shape index (κ3) is 15.0. The van der Waals surface area contributed by atoms with Crippen molar-refractivity contribution in [1.29, 1.82) is 0 Å². The SMILES string of the molecule is C#CCl.CCOC1CCC(n2cc(N)c(-c3nc(F)ccc3F)n2)CC1.CCOC1CCC(n2cc(NC(=O)c3csc(-c4cn[nH]c4)n3)c(-c3nc(F)ccc3F)n2)CC1.Cl.O=C(O)c1csc(-c2cn[nH]c2)n1. The van der Waals surface area contributed by atoms with Gasteiger partial charge in [-0.3, -0.25) is 24.4 Å². The van der Waals surface area contributed by atoms with Crippen molar-refractivity contribution in [3.63, 3.8) is 0 Å². The number of nitrogen functional groups attached to an aromatic ring is 1. The standard InChI is InChI=1S/C23H23F2N7O2S.C16H20F2N4O.C7H5N3O2S.C2HCl.ClH/c1-2-34-15-5-3-14(4-6-15)32-11-17(21(31-32)20-16(24)7-8-19(25)30-20)28-22(33)18-12-35-23(29-18)13-9-26-27-10-13;1-2-23-11-5-3-10(4-6-11)22-9-13(19)16(21-22)15-12(17)7-8-14(18)20-15;11-7(12)5-3-13-6(10-5)4-1-8-9-2-4;1-2-3;/h7-12,14-15H,2-6H2,1H3,(H,26,27)(H,28,33);7-11H,2-6,19H2,1H3;1-3H,(H,8,9)(H,11,12);1H;1H. The number of H-pyrrole nitrogens is 2. The Labute approximate surface area is 446 Å². The van der Waals surface area contributed by atoms with E-state index in [1.54, 1.807) is 57.3 Å². The van der Waals surface area contributed by atoms with Crippen molar-refractivity contribution < 1.29 is 41.7 Å². The number of anilines is 2. The number of carbonyl (C=O) groups excluding carboxylic acids is 1. The molecule has 8 aromatic rings. The summed E-state index contributed by atoms with van der Waals surface area (Å²) >= 11 is 7.11. The summed E-state index contributed by atoms with van der Waals surface area (Å²) in [7, 11) is 0. The van der Waals surface area contributed by atoms with Gasteiger partial charge in [0.2, 0.25) is 11.9 Å². The lowest BCUT2D eigenvalue weighted by Gasteiger charge is -2.28. The number of ether oxygens (including phenoxy) is 2. The highest BCUT2D eigenvalue weighted by atomic mass is 35.5. The van der Waals surface area contributed by atoms with Crippen LogP contribution in [0.25, 0.3) is 43.9 Å². The number of terminal acetylenes is 1. The second kappa shape index (κ2) is 27.5. The van der Waals surface area contributed by atoms with E-state index in [2.05, 4.69) is 73.9 Å². The highest BCUT2D eigenvalue weighted by Crippen LogP contribution is 2.36. The summed E-state index contributed by atoms with van der Waals surface area (Å²) in [6.07, 6.45) is 21.9. The van der Waals surface area contributed by atoms with Crippen LogP contribution in [-0.4, -0.2) is 102 Å². The lowest BCUT2D eigenvalue weighted by molar-refractivity contribution is 0.0258. The van der Waals surface area contributed by atoms with Crippen LogP contribution >= 0.6 is 46.7 Å². The number of hydrogen-bond acceptors (Lipinski definition) is 15. The number of rotatable bonds is 13. The van der Waals surface area contributed by atoms with Gasteiger partial charge in [-0.2, -0.15) is 29.2 Å². The van der Waals surface area contributed by atoms with Crippen LogP contribution in [0.15, 0.2) is 72.2 Å². The van der Waals surface area contributed by atoms with Crippen molar-refractivity contribution in [2.24, 2.45) is 0 Å². The Morgan fingerprint density at radius 3 is 1.65 bits per heavy atom. The Balaban J connectivity index is 0.000000195. The molecule has 0 saturated heterocycles. The van der Waals surface area contributed by atoms with Crippen molar-refractivity contribution in [1.82, 2.24) is 59.9 Å². The zero-order valence-electron chi connectivity index (χ0n) is 40.1. The molecule has 2 fully saturated rings. The van der Waals surface area contributed by atoms with Crippen LogP contribution in [0.1, 0.15) is 98.3 Å². The molecule has 6 N–H and O–H groups in total. The minimum absolute atomic E-state index is 0. The maximum Gasteiger partial charge on any atom is 0.355 e. The van der Waals surface area contributed by atoms with Gasteiger partial charge < -0.3 is 25.6 Å². The molecule has 19 nitrogen and oxygen atoms in total. The molecule has 0 bridgehead atoms. The molecule has 0 aliphatic heterocycles. The molecular formula is C48H50Cl2F4N14O5S2. The fourth-order valence-corrected chi connectivity index (χ4v) is 9.71. The number of hydrogen-bond donors (Lipinski definition) is 5. The van der Waals surface area contributed by atoms with Crippen LogP contribution in [0.5, 0.6) is 0 Å². The first-order chi connectivity index (χ1) is 35.8. The van der Waals surface area contributed by atoms with Crippen LogP contribution in [0.4, 0.5) is 28.9 Å². The number of carboxylic acid groups (broad SMARTS) is 1. The molecule has 27 heteroatoms. The lowest BCUT2D eigenvalue weighted by atomic mass is 9.93. The van der Waals surface area contributed by atoms with Gasteiger partial charge in [-0.05, 0) is 101 Å². The van der Waals surface area contributed by atoms with Gasteiger partial charge in [0.25, 0.3) is 5.91 Å². The number of nitrogens with zero attached hydrogens (tertiary/aromatic N) is 10. The highest BCUT2D eigenvalue weighted by molar-refractivity contribution is 7.13. The van der Waals surface area contributed by atoms with Crippen LogP contribution in [0.2, 0.25) is 0 Å². The monoisotopic (exact) mass is 1110 g/mol. The maximum absolute atomic E-state index is 14.6. The van der Waals surface area contributed by atoms with Gasteiger partial charge in [-0.25, -0.2) is 33.5 Å². The van der Waals surface area contributed by atoms with Crippen molar-refractivity contribution in [2.75, 3.05) is 24.3 Å². The van der Waals surface area contributed by atoms with E-state index in [0.717, 1.165) is 93.4 Å². The first kappa shape index (κ1) is 57.2. The van der Waals surface area contributed by atoms with Crippen LogP contribution in [-0.2, 0) is 9.47 Å². The fourth-order valence-electron chi connectivity index (χ4n) is 8.15. The summed E-state index contributed by atoms with van der Waals surface area (Å²) in [5.74, 6) is -4.46. The smallest absolute Gasteiger partial charge is 0.355 e. The van der Waals surface area contributed by atoms with Crippen molar-refractivity contribution in [3.05, 3.63) is 107 Å². The van der Waals surface area contributed by atoms with Gasteiger partial charge in [-0.1, -0.05) is 0 Å². The zero-order valence-corrected chi connectivity index (χ0v) is 43.3. The number of amides is 1. The molecule has 0 atom stereocenters. The predicted octanol–water partition coefficient (Wildman–Crippen LogP) is 10.6. The number of thiazole rings is 2. The third-order valence-electron chi connectivity index (χ3n) is 11.6. The molecule has 0 aromatic carbocycles. The first-order valence-electron chi connectivity index (χ1n) is 23.1. The van der Waals surface area contributed by atoms with E-state index >= 15 is 0 Å². The average molecular weight is 1110 g/mol. The second-order valence-corrected chi connectivity index (χ2v) is 18.3. The Morgan fingerprint density at radius 2 is 1.20 bits per heavy atom. The van der Waals surface area contributed by atoms with Crippen molar-refractivity contribution >= 4 is 69.9 Å². The molecule has 2 aliphatic carbocycles. The first-order valence-corrected chi connectivity index (χ1v) is 25.2. The van der Waals surface area contributed by atoms with Crippen molar-refractivity contribution in [3.8, 4) is 55.7 Å². The summed E-state index contributed by atoms with van der Waals surface area (Å²) in [4.78, 5) is 39.1. The lowest BCUT2D eigenvalue weighted by Crippen LogP contribution is -2.24. The molecule has 0 radical (unpaired) electrons. The van der Waals surface area contributed by atoms with Crippen LogP contribution < -0.4 is 11.1 Å². The van der Waals surface area contributed by atoms with Gasteiger partial charge >= 0.3 is 5.97 Å². The van der Waals surface area contributed by atoms with E-state index in [9.17, 15) is 27.2 Å². The molecule has 8 heterocycles. The summed E-state index contributed by atoms with van der Waals surface area (Å²) in [5.41, 5.74) is 8.13. The normalized spacial score (nSPS) is 16.9. The van der Waals surface area contributed by atoms with E-state index in [-0.39, 0.29) is 70.4 Å². The van der Waals surface area contributed by atoms with Crippen LogP contribution in [0.3, 0.4) is 0 Å². The Morgan fingerprint density at radius 1 is 0.747 bits per heavy atom. The summed E-state index contributed by atoms with van der Waals surface area (Å²) in [6, 6.07) is 4.17. The van der Waals surface area contributed by atoms with E-state index in [1.165, 1.54) is 28.1 Å². The Bertz CT molecular complexity index is 3130. The van der Waals surface area contributed by atoms with E-state index in [0.29, 0.717) is 28.4 Å².